The van der Waals surface area contributed by atoms with Gasteiger partial charge in [0, 0.05) is 21.1 Å². The number of halogens is 1. The summed E-state index contributed by atoms with van der Waals surface area (Å²) in [6.45, 7) is 16.6. The van der Waals surface area contributed by atoms with Crippen LogP contribution in [0.5, 0.6) is 0 Å². The van der Waals surface area contributed by atoms with Crippen LogP contribution in [-0.2, 0) is 26.2 Å². The smallest absolute Gasteiger partial charge is 0.412 e. The Hall–Kier alpha value is -3.77. The number of benzene rings is 2. The number of hydrogen-bond acceptors (Lipinski definition) is 9. The Morgan fingerprint density at radius 3 is 2.18 bits per heavy atom. The highest BCUT2D eigenvalue weighted by Gasteiger charge is 2.35. The number of alkyl carbamates (subject to hydrolysis) is 1. The van der Waals surface area contributed by atoms with Crippen LogP contribution in [0.4, 0.5) is 21.0 Å². The van der Waals surface area contributed by atoms with Crippen molar-refractivity contribution in [3.8, 4) is 11.5 Å². The number of nitrogens with one attached hydrogen (secondary N) is 2. The Kier molecular flexibility index (Phi) is 9.79. The highest BCUT2D eigenvalue weighted by Crippen LogP contribution is 2.43. The van der Waals surface area contributed by atoms with E-state index in [4.69, 9.17) is 25.5 Å². The molecule has 1 aliphatic heterocycles. The van der Waals surface area contributed by atoms with Crippen molar-refractivity contribution in [3.05, 3.63) is 52.9 Å². The van der Waals surface area contributed by atoms with Gasteiger partial charge in [-0.15, -0.1) is 22.0 Å². The fraction of sp³-hybridized carbons (Fsp3) is 0.469. The van der Waals surface area contributed by atoms with E-state index in [0.717, 1.165) is 5.56 Å². The number of thioether (sulfide) groups is 1. The van der Waals surface area contributed by atoms with Crippen molar-refractivity contribution >= 4 is 52.8 Å². The molecule has 0 bridgehead atoms. The topological polar surface area (TPSA) is 136 Å². The van der Waals surface area contributed by atoms with Crippen LogP contribution in [0.2, 0.25) is 5.02 Å². The normalized spacial score (nSPS) is 15.6. The summed E-state index contributed by atoms with van der Waals surface area (Å²) in [7, 11) is 0. The molecular formula is C32H40ClN5O6S. The van der Waals surface area contributed by atoms with Gasteiger partial charge in [0.15, 0.2) is 0 Å². The average molecular weight is 658 g/mol. The lowest BCUT2D eigenvalue weighted by molar-refractivity contribution is -0.120. The molecule has 0 fully saturated rings. The number of fused-ring (bicyclic) bond motifs is 1. The van der Waals surface area contributed by atoms with Crippen LogP contribution in [0, 0.1) is 0 Å². The Morgan fingerprint density at radius 2 is 1.60 bits per heavy atom. The summed E-state index contributed by atoms with van der Waals surface area (Å²) in [5.74, 6) is 0.426. The second kappa shape index (κ2) is 12.9. The number of ether oxygens (including phenoxy) is 2. The van der Waals surface area contributed by atoms with Crippen molar-refractivity contribution in [2.24, 2.45) is 0 Å². The van der Waals surface area contributed by atoms with Crippen molar-refractivity contribution < 1.29 is 28.3 Å². The zero-order valence-electron chi connectivity index (χ0n) is 27.0. The van der Waals surface area contributed by atoms with Crippen LogP contribution in [0.15, 0.2) is 45.7 Å². The molecular weight excluding hydrogens is 618 g/mol. The number of aromatic nitrogens is 2. The molecule has 0 radical (unpaired) electrons. The number of nitrogens with zero attached hydrogens (tertiary/aromatic N) is 3. The molecule has 3 aromatic rings. The molecule has 45 heavy (non-hydrogen) atoms. The largest absolute Gasteiger partial charge is 0.444 e. The molecule has 0 spiro atoms. The van der Waals surface area contributed by atoms with E-state index in [1.807, 2.05) is 32.9 Å². The standard InChI is InChI=1S/C32H40ClN5O6S/c1-30(2,3)27-37-36-25(42-27)20-14-23-24(15-21(20)34-28(40)43-31(4,5)6)45-17-22(35-29(41)44-32(7,8)9)26(39)38(23)16-18-10-12-19(33)13-11-18/h10-15,22H,16-17H2,1-9H3,(H,34,40)(H,35,41)/t22-/m0/s1. The highest BCUT2D eigenvalue weighted by molar-refractivity contribution is 7.99. The number of anilines is 2. The number of hydrogen-bond donors (Lipinski definition) is 2. The highest BCUT2D eigenvalue weighted by atomic mass is 35.5. The second-order valence-electron chi connectivity index (χ2n) is 13.7. The van der Waals surface area contributed by atoms with E-state index in [1.165, 1.54) is 11.8 Å². The third-order valence-electron chi connectivity index (χ3n) is 6.24. The van der Waals surface area contributed by atoms with Gasteiger partial charge >= 0.3 is 12.2 Å². The summed E-state index contributed by atoms with van der Waals surface area (Å²) in [5.41, 5.74) is 0.192. The first-order chi connectivity index (χ1) is 20.8. The van der Waals surface area contributed by atoms with Crippen molar-refractivity contribution in [2.75, 3.05) is 16.0 Å². The van der Waals surface area contributed by atoms with Gasteiger partial charge in [0.2, 0.25) is 11.8 Å². The van der Waals surface area contributed by atoms with E-state index in [9.17, 15) is 14.4 Å². The maximum atomic E-state index is 14.2. The van der Waals surface area contributed by atoms with Gasteiger partial charge in [-0.3, -0.25) is 10.1 Å². The third kappa shape index (κ3) is 9.13. The van der Waals surface area contributed by atoms with Crippen molar-refractivity contribution in [1.29, 1.82) is 0 Å². The SMILES string of the molecule is CC(C)(C)OC(=O)Nc1cc2c(cc1-c1nnc(C(C)(C)C)o1)N(Cc1ccc(Cl)cc1)C(=O)[C@@H](NC(=O)OC(C)(C)C)CS2. The first-order valence-electron chi connectivity index (χ1n) is 14.5. The molecule has 1 atom stereocenters. The number of carbonyl (C=O) groups is 3. The van der Waals surface area contributed by atoms with E-state index in [1.54, 1.807) is 70.7 Å². The van der Waals surface area contributed by atoms with Gasteiger partial charge in [-0.05, 0) is 71.4 Å². The van der Waals surface area contributed by atoms with E-state index in [2.05, 4.69) is 20.8 Å². The molecule has 2 heterocycles. The van der Waals surface area contributed by atoms with Crippen molar-refractivity contribution in [3.63, 3.8) is 0 Å². The summed E-state index contributed by atoms with van der Waals surface area (Å²) in [4.78, 5) is 42.1. The van der Waals surface area contributed by atoms with Crippen molar-refractivity contribution in [1.82, 2.24) is 15.5 Å². The summed E-state index contributed by atoms with van der Waals surface area (Å²) >= 11 is 7.48. The summed E-state index contributed by atoms with van der Waals surface area (Å²) in [6.07, 6.45) is -1.37. The predicted octanol–water partition coefficient (Wildman–Crippen LogP) is 7.57. The van der Waals surface area contributed by atoms with Crippen LogP contribution in [-0.4, -0.2) is 51.3 Å². The van der Waals surface area contributed by atoms with Gasteiger partial charge in [0.1, 0.15) is 17.2 Å². The zero-order valence-corrected chi connectivity index (χ0v) is 28.6. The molecule has 0 aliphatic carbocycles. The molecule has 2 aromatic carbocycles. The molecule has 4 rings (SSSR count). The summed E-state index contributed by atoms with van der Waals surface area (Å²) in [5, 5.41) is 14.7. The van der Waals surface area contributed by atoms with Gasteiger partial charge < -0.3 is 24.1 Å². The fourth-order valence-electron chi connectivity index (χ4n) is 4.26. The Morgan fingerprint density at radius 1 is 0.978 bits per heavy atom. The van der Waals surface area contributed by atoms with E-state index in [0.29, 0.717) is 32.7 Å². The van der Waals surface area contributed by atoms with Crippen LogP contribution >= 0.6 is 23.4 Å². The quantitative estimate of drug-likeness (QED) is 0.285. The van der Waals surface area contributed by atoms with Crippen LogP contribution in [0.1, 0.15) is 73.8 Å². The van der Waals surface area contributed by atoms with E-state index in [-0.39, 0.29) is 24.1 Å². The maximum absolute atomic E-state index is 14.2. The molecule has 0 saturated heterocycles. The fourth-order valence-corrected chi connectivity index (χ4v) is 5.48. The minimum atomic E-state index is -0.911. The Balaban J connectivity index is 1.83. The van der Waals surface area contributed by atoms with Gasteiger partial charge in [-0.1, -0.05) is 44.5 Å². The summed E-state index contributed by atoms with van der Waals surface area (Å²) < 4.78 is 17.1. The maximum Gasteiger partial charge on any atom is 0.412 e. The molecule has 13 heteroatoms. The van der Waals surface area contributed by atoms with E-state index >= 15 is 0 Å². The number of carbonyl (C=O) groups excluding carboxylic acids is 3. The van der Waals surface area contributed by atoms with Gasteiger partial charge in [-0.2, -0.15) is 0 Å². The lowest BCUT2D eigenvalue weighted by atomic mass is 9.97. The third-order valence-corrected chi connectivity index (χ3v) is 7.63. The molecule has 0 saturated carbocycles. The van der Waals surface area contributed by atoms with Crippen LogP contribution in [0.3, 0.4) is 0 Å². The first-order valence-corrected chi connectivity index (χ1v) is 15.9. The van der Waals surface area contributed by atoms with Gasteiger partial charge in [-0.25, -0.2) is 9.59 Å². The number of rotatable bonds is 5. The lowest BCUT2D eigenvalue weighted by Gasteiger charge is -2.27. The lowest BCUT2D eigenvalue weighted by Crippen LogP contribution is -2.50. The minimum absolute atomic E-state index is 0.158. The molecule has 11 nitrogen and oxygen atoms in total. The Bertz CT molecular complexity index is 1570. The van der Waals surface area contributed by atoms with Crippen LogP contribution < -0.4 is 15.5 Å². The molecule has 1 aliphatic rings. The second-order valence-corrected chi connectivity index (χ2v) is 15.2. The molecule has 1 aromatic heterocycles. The van der Waals surface area contributed by atoms with E-state index < -0.39 is 34.8 Å². The molecule has 3 amide bonds. The minimum Gasteiger partial charge on any atom is -0.444 e. The van der Waals surface area contributed by atoms with Gasteiger partial charge in [0.25, 0.3) is 5.91 Å². The molecule has 242 valence electrons. The van der Waals surface area contributed by atoms with Gasteiger partial charge in [0.05, 0.1) is 23.5 Å². The summed E-state index contributed by atoms with van der Waals surface area (Å²) in [6, 6.07) is 9.73. The number of amides is 3. The zero-order chi connectivity index (χ0) is 33.3. The predicted molar refractivity (Wildman–Crippen MR) is 175 cm³/mol. The molecule has 2 N–H and O–H groups in total. The monoisotopic (exact) mass is 657 g/mol. The van der Waals surface area contributed by atoms with Crippen molar-refractivity contribution in [2.45, 2.75) is 96.4 Å². The Labute approximate surface area is 272 Å². The first kappa shape index (κ1) is 34.1. The van der Waals surface area contributed by atoms with Crippen LogP contribution in [0.25, 0.3) is 11.5 Å². The average Bonchev–Trinajstić information content (AvgIpc) is 3.35. The molecule has 0 unspecified atom stereocenters.